The van der Waals surface area contributed by atoms with Crippen LogP contribution in [0.25, 0.3) is 0 Å². The van der Waals surface area contributed by atoms with E-state index in [0.29, 0.717) is 37.2 Å². The monoisotopic (exact) mass is 1320 g/mol. The van der Waals surface area contributed by atoms with E-state index in [-0.39, 0.29) is 36.3 Å². The molecule has 2 aromatic carbocycles. The molecule has 2 unspecified atom stereocenters. The molecule has 2 aliphatic carbocycles. The highest BCUT2D eigenvalue weighted by atomic mass is 28.3. The summed E-state index contributed by atoms with van der Waals surface area (Å²) < 4.78 is 23.3. The molecule has 4 rings (SSSR count). The van der Waals surface area contributed by atoms with E-state index in [0.717, 1.165) is 80.6 Å². The molecule has 91 heavy (non-hydrogen) atoms. The number of unbranched alkanes of at least 4 members (excludes halogenated alkanes) is 23. The largest absolute Gasteiger partial charge is 0.550 e. The number of amides is 1. The number of carboxylic acids is 1. The molecule has 2 atom stereocenters. The van der Waals surface area contributed by atoms with Crippen LogP contribution in [0.4, 0.5) is 0 Å². The van der Waals surface area contributed by atoms with Gasteiger partial charge in [-0.1, -0.05) is 248 Å². The van der Waals surface area contributed by atoms with Gasteiger partial charge in [-0.15, -0.1) is 0 Å². The number of Topliss-reactive ketones (excluding diaryl/α,β-unsaturated/α-hetero) is 2. The Morgan fingerprint density at radius 1 is 0.505 bits per heavy atom. The summed E-state index contributed by atoms with van der Waals surface area (Å²) in [5.74, 6) is -2.47. The number of carbonyl (C=O) groups excluding carboxylic acids is 5. The minimum absolute atomic E-state index is 0.0231. The molecule has 0 fully saturated rings. The summed E-state index contributed by atoms with van der Waals surface area (Å²) in [6.45, 7) is 25.3. The van der Waals surface area contributed by atoms with Gasteiger partial charge in [-0.25, -0.2) is 0 Å². The quantitative estimate of drug-likeness (QED) is 0.0212. The van der Waals surface area contributed by atoms with Gasteiger partial charge in [0.25, 0.3) is 0 Å². The van der Waals surface area contributed by atoms with Crippen molar-refractivity contribution in [3.8, 4) is 0 Å². The number of benzene rings is 2. The Labute approximate surface area is 557 Å². The second-order valence-corrected chi connectivity index (χ2v) is 39.9. The number of hydrogen-bond acceptors (Lipinski definition) is 12. The van der Waals surface area contributed by atoms with Crippen molar-refractivity contribution >= 4 is 54.9 Å². The van der Waals surface area contributed by atoms with Gasteiger partial charge in [0.2, 0.25) is 5.91 Å². The smallest absolute Gasteiger partial charge is 0.549 e. The zero-order valence-electron chi connectivity index (χ0n) is 59.1. The molecule has 0 bridgehead atoms. The standard InChI is InChI=1S/C47H79N3O4Si.C17H30N.C10H21NO3Si.O2Si/c1-5-6-7-8-9-10-11-12-13-14-15-16-17-18-19-24-34-49-41-30-31-42(45-44(41)46(52)39-28-22-23-29-40(39)47(45)53)50-35-25-20-21-26-37-54-43(51)32-36-48-33-27-38-55(2,3)4;1-4-5-6-7-8-12-15-18(2,3)16-17-13-10-9-11-14-17;1-15(2,3)8-4-7-11-9(12)5-6-10(13)14;1-3-2/h22-23,28-31,44-45,48-50H,5-21,24-27,32-38H2,1-4H3;9-11,13-14H,4-8,12,15-16H2,1-3H3;4-8H2,1-3H3,(H,11,12)(H,13,14);/q;+1;;/p-1. The van der Waals surface area contributed by atoms with Gasteiger partial charge in [0.1, 0.15) is 6.54 Å². The van der Waals surface area contributed by atoms with Crippen LogP contribution in [-0.4, -0.2) is 119 Å². The number of aliphatic carboxylic acids is 1. The van der Waals surface area contributed by atoms with Gasteiger partial charge in [-0.2, -0.15) is 0 Å². The van der Waals surface area contributed by atoms with Crippen molar-refractivity contribution in [3.63, 3.8) is 0 Å². The lowest BCUT2D eigenvalue weighted by atomic mass is 9.69. The number of carbonyl (C=O) groups is 5. The molecule has 14 nitrogen and oxygen atoms in total. The topological polar surface area (TPSA) is 200 Å². The van der Waals surface area contributed by atoms with Gasteiger partial charge in [0, 0.05) is 82.8 Å². The van der Waals surface area contributed by atoms with Crippen LogP contribution in [0.2, 0.25) is 51.4 Å². The first kappa shape index (κ1) is 84.5. The van der Waals surface area contributed by atoms with Crippen LogP contribution in [0.5, 0.6) is 0 Å². The lowest BCUT2D eigenvalue weighted by Crippen LogP contribution is -2.45. The highest BCUT2D eigenvalue weighted by molar-refractivity contribution is 6.76. The number of nitrogens with zero attached hydrogens (tertiary/aromatic N) is 1. The molecule has 4 N–H and O–H groups in total. The van der Waals surface area contributed by atoms with Crippen molar-refractivity contribution < 1.29 is 47.2 Å². The summed E-state index contributed by atoms with van der Waals surface area (Å²) in [5, 5.41) is 23.3. The third-order valence-electron chi connectivity index (χ3n) is 16.8. The van der Waals surface area contributed by atoms with Gasteiger partial charge in [-0.3, -0.25) is 28.1 Å². The number of hydrogen-bond donors (Lipinski definition) is 4. The molecule has 2 aliphatic rings. The van der Waals surface area contributed by atoms with E-state index in [1.54, 1.807) is 12.1 Å². The Hall–Kier alpha value is -4.56. The molecule has 0 saturated heterocycles. The molecule has 2 aromatic rings. The molecule has 0 heterocycles. The highest BCUT2D eigenvalue weighted by Gasteiger charge is 2.46. The van der Waals surface area contributed by atoms with E-state index in [2.05, 4.69) is 119 Å². The lowest BCUT2D eigenvalue weighted by Gasteiger charge is -2.36. The molecular weight excluding hydrogens is 1190 g/mol. The Morgan fingerprint density at radius 3 is 1.35 bits per heavy atom. The van der Waals surface area contributed by atoms with E-state index >= 15 is 0 Å². The van der Waals surface area contributed by atoms with Crippen molar-refractivity contribution in [2.24, 2.45) is 11.8 Å². The zero-order valence-corrected chi connectivity index (χ0v) is 62.1. The summed E-state index contributed by atoms with van der Waals surface area (Å²) in [6.07, 6.45) is 40.1. The minimum Gasteiger partial charge on any atom is -0.550 e. The zero-order chi connectivity index (χ0) is 67.4. The molecule has 1 amide bonds. The number of ketones is 2. The second kappa shape index (κ2) is 52.8. The minimum atomic E-state index is -1.42. The fraction of sp³-hybridized carbons (Fsp3) is 0.716. The Bertz CT molecular complexity index is 2360. The van der Waals surface area contributed by atoms with E-state index in [1.165, 1.54) is 165 Å². The Kier molecular flexibility index (Phi) is 49.0. The van der Waals surface area contributed by atoms with Crippen LogP contribution in [0.3, 0.4) is 0 Å². The van der Waals surface area contributed by atoms with Crippen LogP contribution in [0.15, 0.2) is 78.1 Å². The van der Waals surface area contributed by atoms with Crippen LogP contribution >= 0.6 is 0 Å². The molecule has 0 saturated carbocycles. The van der Waals surface area contributed by atoms with Crippen LogP contribution in [0, 0.1) is 11.8 Å². The lowest BCUT2D eigenvalue weighted by molar-refractivity contribution is -0.903. The molecule has 0 aliphatic heterocycles. The van der Waals surface area contributed by atoms with Crippen molar-refractivity contribution in [3.05, 3.63) is 94.8 Å². The fourth-order valence-corrected chi connectivity index (χ4v) is 14.1. The first-order valence-electron chi connectivity index (χ1n) is 35.8. The summed E-state index contributed by atoms with van der Waals surface area (Å²) in [7, 11) is 1.26. The number of rotatable bonds is 49. The molecule has 0 spiro atoms. The maximum atomic E-state index is 13.9. The number of fused-ring (bicyclic) bond motifs is 2. The molecule has 0 radical (unpaired) electrons. The third kappa shape index (κ3) is 45.4. The van der Waals surface area contributed by atoms with Crippen molar-refractivity contribution in [1.29, 1.82) is 0 Å². The second-order valence-electron chi connectivity index (χ2n) is 28.5. The first-order valence-corrected chi connectivity index (χ1v) is 44.1. The Balaban J connectivity index is 0.000000927. The highest BCUT2D eigenvalue weighted by Crippen LogP contribution is 2.39. The molecule has 0 aromatic heterocycles. The van der Waals surface area contributed by atoms with Crippen LogP contribution in [-0.2, 0) is 34.6 Å². The van der Waals surface area contributed by atoms with Gasteiger partial charge in [0.15, 0.2) is 11.6 Å². The third-order valence-corrected chi connectivity index (χ3v) is 20.5. The Morgan fingerprint density at radius 2 is 0.912 bits per heavy atom. The van der Waals surface area contributed by atoms with Gasteiger partial charge >= 0.3 is 15.3 Å². The maximum absolute atomic E-state index is 13.9. The van der Waals surface area contributed by atoms with Crippen LogP contribution in [0.1, 0.15) is 239 Å². The number of allylic oxidation sites excluding steroid dienone is 4. The molecule has 17 heteroatoms. The normalized spacial score (nSPS) is 14.3. The van der Waals surface area contributed by atoms with Gasteiger partial charge < -0.3 is 40.4 Å². The molecular formula is C74H129N5O9Si3. The van der Waals surface area contributed by atoms with Gasteiger partial charge in [-0.05, 0) is 76.5 Å². The van der Waals surface area contributed by atoms with Crippen molar-refractivity contribution in [2.45, 2.75) is 271 Å². The summed E-state index contributed by atoms with van der Waals surface area (Å²) >= 11 is 0. The number of nitrogens with one attached hydrogen (secondary N) is 4. The average Bonchev–Trinajstić information content (AvgIpc) is 0.762. The predicted octanol–water partition coefficient (Wildman–Crippen LogP) is 15.7. The van der Waals surface area contributed by atoms with E-state index in [4.69, 9.17) is 13.7 Å². The number of esters is 1. The summed E-state index contributed by atoms with van der Waals surface area (Å²) in [5.41, 5.74) is 4.24. The number of ether oxygens (including phenoxy) is 1. The van der Waals surface area contributed by atoms with E-state index < -0.39 is 43.2 Å². The predicted molar refractivity (Wildman–Crippen MR) is 381 cm³/mol. The average molecular weight is 1320 g/mol. The van der Waals surface area contributed by atoms with E-state index in [9.17, 15) is 29.1 Å². The SMILES string of the molecule is CCCCCCCCCCCCCCCCCCNC1=CC=C(NCCCCCCOC(=O)CCNCCC[Si](C)(C)C)C2C(=O)c3ccccc3C(=O)C12.CCCCCCCC[N+](C)(C)Cc1ccccc1.C[Si](C)(C)CCCNC(=O)CCC(=O)[O-].O=[Si]=O. The first-order chi connectivity index (χ1) is 43.6. The van der Waals surface area contributed by atoms with Crippen molar-refractivity contribution in [1.82, 2.24) is 21.3 Å². The number of quaternary nitrogens is 1. The fourth-order valence-electron chi connectivity index (χ4n) is 11.6. The van der Waals surface area contributed by atoms with E-state index in [1.807, 2.05) is 24.3 Å². The number of carboxylic acid groups (broad SMARTS) is 1. The van der Waals surface area contributed by atoms with Crippen molar-refractivity contribution in [2.75, 3.05) is 60.0 Å². The maximum Gasteiger partial charge on any atom is 0.549 e. The summed E-state index contributed by atoms with van der Waals surface area (Å²) in [6, 6.07) is 20.6. The summed E-state index contributed by atoms with van der Waals surface area (Å²) in [4.78, 5) is 61.0. The van der Waals surface area contributed by atoms with Crippen LogP contribution < -0.4 is 26.4 Å². The molecule has 516 valence electrons. The van der Waals surface area contributed by atoms with Gasteiger partial charge in [0.05, 0.1) is 45.5 Å².